The molecule has 0 unspecified atom stereocenters. The van der Waals surface area contributed by atoms with Crippen LogP contribution in [0.1, 0.15) is 41.5 Å². The highest BCUT2D eigenvalue weighted by molar-refractivity contribution is 9.10. The van der Waals surface area contributed by atoms with Gasteiger partial charge in [0, 0.05) is 39.8 Å². The number of imide groups is 1. The first-order valence-electron chi connectivity index (χ1n) is 10.9. The summed E-state index contributed by atoms with van der Waals surface area (Å²) in [5, 5.41) is 3.37. The highest BCUT2D eigenvalue weighted by Crippen LogP contribution is 2.34. The number of anilines is 1. The van der Waals surface area contributed by atoms with E-state index < -0.39 is 0 Å². The van der Waals surface area contributed by atoms with E-state index in [2.05, 4.69) is 15.9 Å². The maximum absolute atomic E-state index is 13.4. The first kappa shape index (κ1) is 22.5. The highest BCUT2D eigenvalue weighted by atomic mass is 79.9. The Morgan fingerprint density at radius 3 is 2.44 bits per heavy atom. The third-order valence-corrected chi connectivity index (χ3v) is 7.66. The Morgan fingerprint density at radius 2 is 1.74 bits per heavy atom. The summed E-state index contributed by atoms with van der Waals surface area (Å²) in [5.74, 6) is -0.832. The van der Waals surface area contributed by atoms with Crippen LogP contribution >= 0.6 is 27.3 Å². The number of aryl methyl sites for hydroxylation is 2. The van der Waals surface area contributed by atoms with Crippen molar-refractivity contribution in [3.05, 3.63) is 97.6 Å². The second-order valence-electron chi connectivity index (χ2n) is 8.31. The van der Waals surface area contributed by atoms with E-state index in [1.54, 1.807) is 23.1 Å². The van der Waals surface area contributed by atoms with Crippen LogP contribution < -0.4 is 4.90 Å². The van der Waals surface area contributed by atoms with Gasteiger partial charge in [-0.25, -0.2) is 0 Å². The Morgan fingerprint density at radius 1 is 0.971 bits per heavy atom. The molecule has 2 heterocycles. The Labute approximate surface area is 209 Å². The summed E-state index contributed by atoms with van der Waals surface area (Å²) in [6, 6.07) is 18.6. The molecule has 0 aliphatic carbocycles. The second-order valence-corrected chi connectivity index (χ2v) is 10.1. The van der Waals surface area contributed by atoms with Crippen molar-refractivity contribution in [3.63, 3.8) is 0 Å². The molecule has 34 heavy (non-hydrogen) atoms. The van der Waals surface area contributed by atoms with Gasteiger partial charge in [0.2, 0.25) is 0 Å². The molecule has 0 fully saturated rings. The maximum Gasteiger partial charge on any atom is 0.268 e. The molecule has 4 aromatic rings. The molecule has 5 nitrogen and oxygen atoms in total. The molecule has 0 bridgehead atoms. The van der Waals surface area contributed by atoms with Gasteiger partial charge in [0.1, 0.15) is 0 Å². The Hall–Kier alpha value is -3.29. The lowest BCUT2D eigenvalue weighted by molar-refractivity contribution is 0.0611. The van der Waals surface area contributed by atoms with E-state index in [-0.39, 0.29) is 30.8 Å². The van der Waals surface area contributed by atoms with Gasteiger partial charge in [-0.1, -0.05) is 51.8 Å². The molecule has 3 amide bonds. The lowest BCUT2D eigenvalue weighted by Crippen LogP contribution is -2.46. The van der Waals surface area contributed by atoms with Gasteiger partial charge in [-0.2, -0.15) is 0 Å². The molecule has 0 radical (unpaired) electrons. The molecule has 0 atom stereocenters. The molecule has 7 heteroatoms. The zero-order valence-electron chi connectivity index (χ0n) is 18.7. The van der Waals surface area contributed by atoms with E-state index in [0.717, 1.165) is 26.7 Å². The fourth-order valence-corrected chi connectivity index (χ4v) is 5.62. The molecular formula is C27H21BrN2O3S. The van der Waals surface area contributed by atoms with Crippen molar-refractivity contribution >= 4 is 61.4 Å². The first-order chi connectivity index (χ1) is 16.4. The minimum absolute atomic E-state index is 0.0913. The number of halogens is 1. The average molecular weight is 533 g/mol. The number of carbonyl (C=O) groups is 3. The third kappa shape index (κ3) is 3.75. The van der Waals surface area contributed by atoms with Crippen LogP contribution in [-0.2, 0) is 0 Å². The van der Waals surface area contributed by atoms with E-state index in [1.807, 2.05) is 61.7 Å². The van der Waals surface area contributed by atoms with Gasteiger partial charge in [0.15, 0.2) is 0 Å². The summed E-state index contributed by atoms with van der Waals surface area (Å²) >= 11 is 4.89. The molecular weight excluding hydrogens is 512 g/mol. The monoisotopic (exact) mass is 532 g/mol. The number of benzene rings is 3. The fourth-order valence-electron chi connectivity index (χ4n) is 4.49. The maximum atomic E-state index is 13.4. The van der Waals surface area contributed by atoms with Gasteiger partial charge in [-0.15, -0.1) is 11.3 Å². The van der Waals surface area contributed by atoms with Crippen LogP contribution in [0.2, 0.25) is 0 Å². The molecule has 0 spiro atoms. The Kier molecular flexibility index (Phi) is 5.83. The van der Waals surface area contributed by atoms with Crippen molar-refractivity contribution in [1.82, 2.24) is 4.90 Å². The number of hydrogen-bond donors (Lipinski definition) is 0. The van der Waals surface area contributed by atoms with Gasteiger partial charge in [0.05, 0.1) is 4.88 Å². The summed E-state index contributed by atoms with van der Waals surface area (Å²) in [5.41, 5.74) is 3.82. The lowest BCUT2D eigenvalue weighted by atomic mass is 9.94. The third-order valence-electron chi connectivity index (χ3n) is 6.11. The van der Waals surface area contributed by atoms with Gasteiger partial charge in [-0.05, 0) is 60.5 Å². The average Bonchev–Trinajstić information content (AvgIpc) is 3.36. The zero-order chi connectivity index (χ0) is 24.0. The van der Waals surface area contributed by atoms with Gasteiger partial charge in [-0.3, -0.25) is 19.3 Å². The summed E-state index contributed by atoms with van der Waals surface area (Å²) < 4.78 is 0.838. The van der Waals surface area contributed by atoms with Crippen LogP contribution in [0.4, 0.5) is 5.69 Å². The molecule has 1 aliphatic rings. The predicted molar refractivity (Wildman–Crippen MR) is 139 cm³/mol. The van der Waals surface area contributed by atoms with Crippen LogP contribution in [-0.4, -0.2) is 35.7 Å². The zero-order valence-corrected chi connectivity index (χ0v) is 21.1. The van der Waals surface area contributed by atoms with Crippen LogP contribution in [0.5, 0.6) is 0 Å². The second kappa shape index (κ2) is 8.81. The minimum Gasteiger partial charge on any atom is -0.306 e. The molecule has 1 aliphatic heterocycles. The predicted octanol–water partition coefficient (Wildman–Crippen LogP) is 6.22. The molecule has 170 valence electrons. The van der Waals surface area contributed by atoms with Crippen LogP contribution in [0, 0.1) is 13.8 Å². The van der Waals surface area contributed by atoms with E-state index in [1.165, 1.54) is 16.2 Å². The topological polar surface area (TPSA) is 57.7 Å². The smallest absolute Gasteiger partial charge is 0.268 e. The molecule has 0 saturated carbocycles. The number of nitrogens with zero attached hydrogens (tertiary/aromatic N) is 2. The number of hydrogen-bond acceptors (Lipinski definition) is 4. The molecule has 0 N–H and O–H groups in total. The Bertz CT molecular complexity index is 1440. The summed E-state index contributed by atoms with van der Waals surface area (Å²) in [6.45, 7) is 4.25. The number of thiophene rings is 1. The summed E-state index contributed by atoms with van der Waals surface area (Å²) in [4.78, 5) is 43.7. The summed E-state index contributed by atoms with van der Waals surface area (Å²) in [7, 11) is 0. The van der Waals surface area contributed by atoms with Gasteiger partial charge < -0.3 is 4.90 Å². The number of rotatable bonds is 5. The first-order valence-corrected chi connectivity index (χ1v) is 12.5. The molecule has 5 rings (SSSR count). The normalized spacial score (nSPS) is 13.0. The van der Waals surface area contributed by atoms with Crippen molar-refractivity contribution in [2.45, 2.75) is 13.8 Å². The molecule has 1 aromatic heterocycles. The highest BCUT2D eigenvalue weighted by Gasteiger charge is 2.34. The lowest BCUT2D eigenvalue weighted by Gasteiger charge is -2.31. The number of amides is 3. The van der Waals surface area contributed by atoms with E-state index in [4.69, 9.17) is 0 Å². The molecule has 3 aromatic carbocycles. The van der Waals surface area contributed by atoms with Crippen molar-refractivity contribution in [2.24, 2.45) is 0 Å². The van der Waals surface area contributed by atoms with Gasteiger partial charge in [0.25, 0.3) is 17.7 Å². The van der Waals surface area contributed by atoms with Gasteiger partial charge >= 0.3 is 0 Å². The summed E-state index contributed by atoms with van der Waals surface area (Å²) in [6.07, 6.45) is 0. The van der Waals surface area contributed by atoms with Crippen molar-refractivity contribution in [2.75, 3.05) is 18.0 Å². The van der Waals surface area contributed by atoms with E-state index in [0.29, 0.717) is 21.4 Å². The van der Waals surface area contributed by atoms with Crippen LogP contribution in [0.3, 0.4) is 0 Å². The fraction of sp³-hybridized carbons (Fsp3) is 0.148. The SMILES string of the molecule is Cc1ccc(N(CCN2C(=O)c3cccc4c(Br)ccc(c34)C2=O)C(=O)c2cccs2)c(C)c1. The standard InChI is InChI=1S/C27H21BrN2O3S/c1-16-8-11-22(17(2)15-16)29(27(33)23-7-4-14-34-23)12-13-30-25(31)19-6-3-5-18-21(28)10-9-20(24(18)19)26(30)32/h3-11,14-15H,12-13H2,1-2H3. The van der Waals surface area contributed by atoms with Crippen LogP contribution in [0.25, 0.3) is 10.8 Å². The van der Waals surface area contributed by atoms with Crippen molar-refractivity contribution in [3.8, 4) is 0 Å². The quantitative estimate of drug-likeness (QED) is 0.286. The molecule has 0 saturated heterocycles. The van der Waals surface area contributed by atoms with E-state index in [9.17, 15) is 14.4 Å². The van der Waals surface area contributed by atoms with Crippen molar-refractivity contribution < 1.29 is 14.4 Å². The van der Waals surface area contributed by atoms with E-state index >= 15 is 0 Å². The largest absolute Gasteiger partial charge is 0.306 e. The van der Waals surface area contributed by atoms with Crippen LogP contribution in [0.15, 0.2) is 70.5 Å². The minimum atomic E-state index is -0.342. The van der Waals surface area contributed by atoms with Crippen molar-refractivity contribution in [1.29, 1.82) is 0 Å². The Balaban J connectivity index is 1.50. The number of carbonyl (C=O) groups excluding carboxylic acids is 3.